The Labute approximate surface area is 196 Å². The molecule has 0 atom stereocenters. The zero-order valence-electron chi connectivity index (χ0n) is 19.9. The SMILES string of the molecule is CCCN(CCC)CCCNCc1ccc(C(=O)N(Cc2ncc[nH]2)Cc2ncc[nH]2)cc1. The lowest BCUT2D eigenvalue weighted by atomic mass is 10.1. The van der Waals surface area contributed by atoms with Crippen LogP contribution in [0.2, 0.25) is 0 Å². The van der Waals surface area contributed by atoms with Gasteiger partial charge in [0.15, 0.2) is 0 Å². The molecule has 2 aromatic heterocycles. The maximum Gasteiger partial charge on any atom is 0.254 e. The van der Waals surface area contributed by atoms with Crippen LogP contribution in [0.4, 0.5) is 0 Å². The molecule has 0 saturated carbocycles. The number of hydrogen-bond donors (Lipinski definition) is 3. The fourth-order valence-corrected chi connectivity index (χ4v) is 3.91. The van der Waals surface area contributed by atoms with Crippen molar-refractivity contribution in [3.05, 3.63) is 71.8 Å². The molecule has 3 aromatic rings. The average Bonchev–Trinajstić information content (AvgIpc) is 3.53. The number of carbonyl (C=O) groups excluding carboxylic acids is 1. The van der Waals surface area contributed by atoms with Crippen LogP contribution < -0.4 is 5.32 Å². The first-order valence-electron chi connectivity index (χ1n) is 12.0. The van der Waals surface area contributed by atoms with Gasteiger partial charge >= 0.3 is 0 Å². The van der Waals surface area contributed by atoms with Crippen LogP contribution in [0.15, 0.2) is 49.1 Å². The standard InChI is InChI=1S/C25H37N7O/c1-3-15-31(16-4-2)17-5-10-26-18-21-6-8-22(9-7-21)25(33)32(19-23-27-11-12-28-23)20-24-29-13-14-30-24/h6-9,11-14,26H,3-5,10,15-20H2,1-2H3,(H,27,28)(H,29,30). The Morgan fingerprint density at radius 3 is 2.03 bits per heavy atom. The molecule has 0 unspecified atom stereocenters. The lowest BCUT2D eigenvalue weighted by molar-refractivity contribution is 0.0721. The minimum absolute atomic E-state index is 0.0470. The number of amides is 1. The summed E-state index contributed by atoms with van der Waals surface area (Å²) in [6.07, 6.45) is 10.5. The fourth-order valence-electron chi connectivity index (χ4n) is 3.91. The van der Waals surface area contributed by atoms with Crippen molar-refractivity contribution in [1.82, 2.24) is 35.1 Å². The molecule has 33 heavy (non-hydrogen) atoms. The summed E-state index contributed by atoms with van der Waals surface area (Å²) in [7, 11) is 0. The Morgan fingerprint density at radius 1 is 0.909 bits per heavy atom. The normalized spacial score (nSPS) is 11.2. The number of hydrogen-bond acceptors (Lipinski definition) is 5. The Hall–Kier alpha value is -2.97. The molecular weight excluding hydrogens is 414 g/mol. The predicted octanol–water partition coefficient (Wildman–Crippen LogP) is 3.58. The van der Waals surface area contributed by atoms with Crippen LogP contribution in [0.3, 0.4) is 0 Å². The number of aromatic nitrogens is 4. The summed E-state index contributed by atoms with van der Waals surface area (Å²) in [5.74, 6) is 1.44. The molecule has 0 radical (unpaired) electrons. The Balaban J connectivity index is 1.50. The first-order chi connectivity index (χ1) is 16.2. The second-order valence-electron chi connectivity index (χ2n) is 8.30. The molecular formula is C25H37N7O. The van der Waals surface area contributed by atoms with Crippen molar-refractivity contribution >= 4 is 5.91 Å². The maximum atomic E-state index is 13.2. The lowest BCUT2D eigenvalue weighted by Crippen LogP contribution is -2.31. The highest BCUT2D eigenvalue weighted by molar-refractivity contribution is 5.94. The molecule has 8 nitrogen and oxygen atoms in total. The molecule has 0 saturated heterocycles. The van der Waals surface area contributed by atoms with E-state index in [4.69, 9.17) is 0 Å². The number of H-pyrrole nitrogens is 2. The van der Waals surface area contributed by atoms with Gasteiger partial charge in [0, 0.05) is 36.9 Å². The minimum Gasteiger partial charge on any atom is -0.347 e. The van der Waals surface area contributed by atoms with Crippen LogP contribution >= 0.6 is 0 Å². The first-order valence-corrected chi connectivity index (χ1v) is 12.0. The number of carbonyl (C=O) groups is 1. The molecule has 0 spiro atoms. The van der Waals surface area contributed by atoms with Gasteiger partial charge in [-0.2, -0.15) is 0 Å². The van der Waals surface area contributed by atoms with Gasteiger partial charge in [-0.3, -0.25) is 4.79 Å². The highest BCUT2D eigenvalue weighted by Crippen LogP contribution is 2.12. The van der Waals surface area contributed by atoms with Gasteiger partial charge < -0.3 is 25.1 Å². The number of nitrogens with one attached hydrogen (secondary N) is 3. The zero-order valence-corrected chi connectivity index (χ0v) is 19.9. The van der Waals surface area contributed by atoms with Crippen LogP contribution in [-0.4, -0.2) is 61.8 Å². The van der Waals surface area contributed by atoms with E-state index in [-0.39, 0.29) is 5.91 Å². The van der Waals surface area contributed by atoms with E-state index in [1.165, 1.54) is 31.5 Å². The van der Waals surface area contributed by atoms with Gasteiger partial charge in [0.25, 0.3) is 5.91 Å². The number of benzene rings is 1. The molecule has 0 aliphatic rings. The van der Waals surface area contributed by atoms with Crippen LogP contribution in [-0.2, 0) is 19.6 Å². The van der Waals surface area contributed by atoms with Crippen molar-refractivity contribution in [2.45, 2.75) is 52.7 Å². The molecule has 0 aliphatic heterocycles. The number of nitrogens with zero attached hydrogens (tertiary/aromatic N) is 4. The van der Waals surface area contributed by atoms with Gasteiger partial charge in [0.05, 0.1) is 13.1 Å². The van der Waals surface area contributed by atoms with Gasteiger partial charge in [-0.1, -0.05) is 26.0 Å². The van der Waals surface area contributed by atoms with Crippen LogP contribution in [0.1, 0.15) is 60.7 Å². The highest BCUT2D eigenvalue weighted by atomic mass is 16.2. The molecule has 2 heterocycles. The van der Waals surface area contributed by atoms with E-state index in [1.54, 1.807) is 29.7 Å². The third kappa shape index (κ3) is 8.14. The van der Waals surface area contributed by atoms with E-state index >= 15 is 0 Å². The van der Waals surface area contributed by atoms with E-state index in [0.29, 0.717) is 18.7 Å². The minimum atomic E-state index is -0.0470. The van der Waals surface area contributed by atoms with Crippen molar-refractivity contribution in [3.8, 4) is 0 Å². The number of imidazole rings is 2. The van der Waals surface area contributed by atoms with E-state index in [2.05, 4.69) is 44.0 Å². The zero-order chi connectivity index (χ0) is 23.3. The second kappa shape index (κ2) is 13.5. The number of rotatable bonds is 15. The summed E-state index contributed by atoms with van der Waals surface area (Å²) in [6, 6.07) is 7.86. The van der Waals surface area contributed by atoms with Crippen molar-refractivity contribution < 1.29 is 4.79 Å². The summed E-state index contributed by atoms with van der Waals surface area (Å²) in [6.45, 7) is 10.6. The van der Waals surface area contributed by atoms with Crippen LogP contribution in [0.25, 0.3) is 0 Å². The third-order valence-corrected chi connectivity index (χ3v) is 5.52. The summed E-state index contributed by atoms with van der Waals surface area (Å²) >= 11 is 0. The summed E-state index contributed by atoms with van der Waals surface area (Å²) in [5, 5.41) is 3.53. The van der Waals surface area contributed by atoms with E-state index in [9.17, 15) is 4.79 Å². The molecule has 178 valence electrons. The monoisotopic (exact) mass is 451 g/mol. The van der Waals surface area contributed by atoms with Gasteiger partial charge in [0.2, 0.25) is 0 Å². The summed E-state index contributed by atoms with van der Waals surface area (Å²) < 4.78 is 0. The number of aromatic amines is 2. The lowest BCUT2D eigenvalue weighted by Gasteiger charge is -2.21. The van der Waals surface area contributed by atoms with E-state index in [0.717, 1.165) is 37.7 Å². The quantitative estimate of drug-likeness (QED) is 0.307. The second-order valence-corrected chi connectivity index (χ2v) is 8.30. The van der Waals surface area contributed by atoms with E-state index in [1.807, 2.05) is 24.3 Å². The molecule has 1 amide bonds. The average molecular weight is 452 g/mol. The summed E-state index contributed by atoms with van der Waals surface area (Å²) in [4.78, 5) is 32.1. The molecule has 1 aromatic carbocycles. The highest BCUT2D eigenvalue weighted by Gasteiger charge is 2.18. The van der Waals surface area contributed by atoms with E-state index < -0.39 is 0 Å². The van der Waals surface area contributed by atoms with Gasteiger partial charge in [-0.25, -0.2) is 9.97 Å². The molecule has 0 fully saturated rings. The van der Waals surface area contributed by atoms with Crippen LogP contribution in [0.5, 0.6) is 0 Å². The fraction of sp³-hybridized carbons (Fsp3) is 0.480. The smallest absolute Gasteiger partial charge is 0.254 e. The largest absolute Gasteiger partial charge is 0.347 e. The van der Waals surface area contributed by atoms with Gasteiger partial charge in [-0.05, 0) is 63.1 Å². The van der Waals surface area contributed by atoms with Crippen molar-refractivity contribution in [1.29, 1.82) is 0 Å². The van der Waals surface area contributed by atoms with Crippen molar-refractivity contribution in [2.75, 3.05) is 26.2 Å². The topological polar surface area (TPSA) is 92.9 Å². The molecule has 8 heteroatoms. The Bertz CT molecular complexity index is 865. The predicted molar refractivity (Wildman–Crippen MR) is 131 cm³/mol. The molecule has 0 aliphatic carbocycles. The third-order valence-electron chi connectivity index (χ3n) is 5.52. The Kier molecular flexibility index (Phi) is 10.1. The maximum absolute atomic E-state index is 13.2. The van der Waals surface area contributed by atoms with Gasteiger partial charge in [-0.15, -0.1) is 0 Å². The summed E-state index contributed by atoms with van der Waals surface area (Å²) in [5.41, 5.74) is 1.83. The van der Waals surface area contributed by atoms with Crippen molar-refractivity contribution in [2.24, 2.45) is 0 Å². The molecule has 0 bridgehead atoms. The van der Waals surface area contributed by atoms with Crippen molar-refractivity contribution in [3.63, 3.8) is 0 Å². The Morgan fingerprint density at radius 2 is 1.52 bits per heavy atom. The first kappa shape index (κ1) is 24.7. The van der Waals surface area contributed by atoms with Crippen LogP contribution in [0, 0.1) is 0 Å². The molecule has 3 rings (SSSR count). The molecule has 3 N–H and O–H groups in total. The van der Waals surface area contributed by atoms with Gasteiger partial charge in [0.1, 0.15) is 11.6 Å².